The third kappa shape index (κ3) is 4.86. The summed E-state index contributed by atoms with van der Waals surface area (Å²) in [5.41, 5.74) is 4.67. The van der Waals surface area contributed by atoms with E-state index in [2.05, 4.69) is 41.0 Å². The smallest absolute Gasteiger partial charge is 0.267 e. The molecule has 2 heterocycles. The fourth-order valence-electron chi connectivity index (χ4n) is 4.13. The Balaban J connectivity index is 1.51. The highest BCUT2D eigenvalue weighted by atomic mass is 79.9. The van der Waals surface area contributed by atoms with E-state index >= 15 is 0 Å². The Morgan fingerprint density at radius 1 is 1.12 bits per heavy atom. The van der Waals surface area contributed by atoms with Crippen molar-refractivity contribution in [2.75, 3.05) is 27.0 Å². The summed E-state index contributed by atoms with van der Waals surface area (Å²) in [6.07, 6.45) is 0. The summed E-state index contributed by atoms with van der Waals surface area (Å²) in [6.45, 7) is 8.39. The van der Waals surface area contributed by atoms with Gasteiger partial charge in [-0.25, -0.2) is 10.4 Å². The minimum atomic E-state index is -1.20. The van der Waals surface area contributed by atoms with Gasteiger partial charge >= 0.3 is 0 Å². The number of halogens is 1. The van der Waals surface area contributed by atoms with Crippen LogP contribution in [0.15, 0.2) is 46.9 Å². The van der Waals surface area contributed by atoms with Gasteiger partial charge in [0.15, 0.2) is 5.54 Å². The Labute approximate surface area is 204 Å². The largest absolute Gasteiger partial charge is 0.497 e. The number of amides is 2. The molecule has 2 aliphatic rings. The summed E-state index contributed by atoms with van der Waals surface area (Å²) in [5, 5.41) is 1.50. The van der Waals surface area contributed by atoms with Gasteiger partial charge in [-0.15, -0.1) is 0 Å². The first kappa shape index (κ1) is 23.9. The van der Waals surface area contributed by atoms with Gasteiger partial charge in [-0.2, -0.15) is 0 Å². The van der Waals surface area contributed by atoms with Crippen molar-refractivity contribution in [2.24, 2.45) is 0 Å². The van der Waals surface area contributed by atoms with Gasteiger partial charge in [0.2, 0.25) is 0 Å². The predicted molar refractivity (Wildman–Crippen MR) is 133 cm³/mol. The summed E-state index contributed by atoms with van der Waals surface area (Å²) in [6, 6.07) is 14.2. The van der Waals surface area contributed by atoms with Gasteiger partial charge in [0.1, 0.15) is 12.5 Å². The van der Waals surface area contributed by atoms with Gasteiger partial charge in [0.25, 0.3) is 11.8 Å². The van der Waals surface area contributed by atoms with Gasteiger partial charge in [0, 0.05) is 31.3 Å². The summed E-state index contributed by atoms with van der Waals surface area (Å²) < 4.78 is 12.0. The molecule has 2 aromatic carbocycles. The molecule has 1 fully saturated rings. The molecule has 7 nitrogen and oxygen atoms in total. The van der Waals surface area contributed by atoms with Gasteiger partial charge in [-0.05, 0) is 41.4 Å². The van der Waals surface area contributed by atoms with Gasteiger partial charge in [-0.3, -0.25) is 9.59 Å². The molecular weight excluding hydrogens is 502 g/mol. The molecule has 0 unspecified atom stereocenters. The van der Waals surface area contributed by atoms with E-state index in [0.717, 1.165) is 21.6 Å². The van der Waals surface area contributed by atoms with Crippen molar-refractivity contribution < 1.29 is 19.1 Å². The second-order valence-electron chi connectivity index (χ2n) is 9.79. The lowest BCUT2D eigenvalue weighted by Gasteiger charge is -2.50. The zero-order valence-electron chi connectivity index (χ0n) is 19.5. The first-order chi connectivity index (χ1) is 15.6. The van der Waals surface area contributed by atoms with Crippen molar-refractivity contribution in [3.8, 4) is 5.75 Å². The average molecular weight is 533 g/mol. The summed E-state index contributed by atoms with van der Waals surface area (Å²) in [5.74, 6) is 0.449. The topological polar surface area (TPSA) is 71.1 Å². The van der Waals surface area contributed by atoms with Crippen molar-refractivity contribution in [3.63, 3.8) is 0 Å². The van der Waals surface area contributed by atoms with Crippen LogP contribution in [0.2, 0.25) is 25.7 Å². The predicted octanol–water partition coefficient (Wildman–Crippen LogP) is 3.97. The summed E-state index contributed by atoms with van der Waals surface area (Å²) in [7, 11) is 0.381. The summed E-state index contributed by atoms with van der Waals surface area (Å²) in [4.78, 5) is 28.3. The molecule has 2 aromatic rings. The number of ether oxygens (including phenoxy) is 2. The fraction of sp³-hybridized carbons (Fsp3) is 0.417. The van der Waals surface area contributed by atoms with Crippen LogP contribution in [0, 0.1) is 0 Å². The molecule has 33 heavy (non-hydrogen) atoms. The zero-order valence-corrected chi connectivity index (χ0v) is 22.1. The molecule has 0 bridgehead atoms. The molecule has 176 valence electrons. The van der Waals surface area contributed by atoms with Crippen LogP contribution in [-0.2, 0) is 21.6 Å². The normalized spacial score (nSPS) is 20.2. The second kappa shape index (κ2) is 9.21. The number of benzene rings is 2. The minimum Gasteiger partial charge on any atom is -0.497 e. The summed E-state index contributed by atoms with van der Waals surface area (Å²) >= 11 is 3.46. The van der Waals surface area contributed by atoms with Crippen LogP contribution in [0.5, 0.6) is 5.75 Å². The molecule has 1 N–H and O–H groups in total. The van der Waals surface area contributed by atoms with E-state index in [4.69, 9.17) is 9.47 Å². The number of fused-ring (bicyclic) bond motifs is 1. The van der Waals surface area contributed by atoms with Crippen molar-refractivity contribution in [1.29, 1.82) is 0 Å². The number of hydrogen-bond donors (Lipinski definition) is 1. The Bertz CT molecular complexity index is 1060. The van der Waals surface area contributed by atoms with Crippen LogP contribution in [0.1, 0.15) is 21.5 Å². The number of hydrogen-bond acceptors (Lipinski definition) is 5. The monoisotopic (exact) mass is 531 g/mol. The van der Waals surface area contributed by atoms with E-state index in [-0.39, 0.29) is 25.1 Å². The highest BCUT2D eigenvalue weighted by Crippen LogP contribution is 2.36. The molecule has 9 heteroatoms. The average Bonchev–Trinajstić information content (AvgIpc) is 3.09. The van der Waals surface area contributed by atoms with E-state index in [0.29, 0.717) is 24.5 Å². The van der Waals surface area contributed by atoms with E-state index in [1.807, 2.05) is 36.4 Å². The number of nitrogens with one attached hydrogen (secondary N) is 1. The van der Waals surface area contributed by atoms with E-state index in [9.17, 15) is 9.59 Å². The molecule has 2 amide bonds. The number of hydrazine groups is 1. The van der Waals surface area contributed by atoms with Crippen molar-refractivity contribution in [2.45, 2.75) is 37.8 Å². The minimum absolute atomic E-state index is 0.0974. The van der Waals surface area contributed by atoms with Crippen LogP contribution < -0.4 is 10.2 Å². The number of carbonyl (C=O) groups excluding carboxylic acids is 2. The van der Waals surface area contributed by atoms with Crippen LogP contribution in [0.3, 0.4) is 0 Å². The Morgan fingerprint density at radius 2 is 1.85 bits per heavy atom. The first-order valence-corrected chi connectivity index (χ1v) is 15.5. The maximum Gasteiger partial charge on any atom is 0.267 e. The van der Waals surface area contributed by atoms with E-state index < -0.39 is 13.6 Å². The SMILES string of the molecule is COc1ccc2c(c1)C(=O)N(C[C@@]1(c3ccc(Br)cc3)NN(COCC[Si](C)(C)C)C1=O)C2. The van der Waals surface area contributed by atoms with Gasteiger partial charge < -0.3 is 14.4 Å². The van der Waals surface area contributed by atoms with Gasteiger partial charge in [0.05, 0.1) is 13.7 Å². The Hall–Kier alpha value is -2.20. The molecular formula is C24H30BrN3O4Si. The Kier molecular flexibility index (Phi) is 6.68. The third-order valence-corrected chi connectivity index (χ3v) is 8.35. The molecule has 1 atom stereocenters. The second-order valence-corrected chi connectivity index (χ2v) is 16.3. The van der Waals surface area contributed by atoms with Crippen LogP contribution in [-0.4, -0.2) is 56.8 Å². The highest BCUT2D eigenvalue weighted by Gasteiger charge is 2.55. The quantitative estimate of drug-likeness (QED) is 0.391. The molecule has 0 saturated carbocycles. The molecule has 1 saturated heterocycles. The number of nitrogens with zero attached hydrogens (tertiary/aromatic N) is 2. The lowest BCUT2D eigenvalue weighted by molar-refractivity contribution is -0.179. The van der Waals surface area contributed by atoms with Crippen LogP contribution in [0.4, 0.5) is 0 Å². The zero-order chi connectivity index (χ0) is 23.8. The van der Waals surface area contributed by atoms with Crippen molar-refractivity contribution in [1.82, 2.24) is 15.3 Å². The number of methoxy groups -OCH3 is 1. The first-order valence-electron chi connectivity index (χ1n) is 11.0. The molecule has 2 aliphatic heterocycles. The lowest BCUT2D eigenvalue weighted by Crippen LogP contribution is -2.76. The van der Waals surface area contributed by atoms with E-state index in [1.165, 1.54) is 5.01 Å². The van der Waals surface area contributed by atoms with Gasteiger partial charge in [-0.1, -0.05) is 53.8 Å². The maximum absolute atomic E-state index is 13.5. The van der Waals surface area contributed by atoms with Crippen molar-refractivity contribution in [3.05, 3.63) is 63.6 Å². The standard InChI is InChI=1S/C24H30BrN3O4Si/c1-31-20-10-5-17-14-27(22(29)21(17)13-20)15-24(18-6-8-19(25)9-7-18)23(30)28(26-24)16-32-11-12-33(2,3)4/h5-10,13,26H,11-12,14-16H2,1-4H3/t24-/m0/s1. The molecule has 0 spiro atoms. The fourth-order valence-corrected chi connectivity index (χ4v) is 5.15. The van der Waals surface area contributed by atoms with E-state index in [1.54, 1.807) is 18.1 Å². The lowest BCUT2D eigenvalue weighted by atomic mass is 9.85. The molecule has 4 rings (SSSR count). The number of rotatable bonds is 9. The van der Waals surface area contributed by atoms with Crippen LogP contribution in [0.25, 0.3) is 0 Å². The Morgan fingerprint density at radius 3 is 2.48 bits per heavy atom. The van der Waals surface area contributed by atoms with Crippen molar-refractivity contribution >= 4 is 35.8 Å². The van der Waals surface area contributed by atoms with Crippen LogP contribution >= 0.6 is 15.9 Å². The maximum atomic E-state index is 13.5. The highest BCUT2D eigenvalue weighted by molar-refractivity contribution is 9.10. The third-order valence-electron chi connectivity index (χ3n) is 6.11. The molecule has 0 aliphatic carbocycles. The molecule has 0 aromatic heterocycles. The molecule has 0 radical (unpaired) electrons. The number of carbonyl (C=O) groups is 2.